The van der Waals surface area contributed by atoms with Gasteiger partial charge in [-0.1, -0.05) is 26.2 Å². The standard InChI is InChI=1S/C14H27NO/c1-2-13(14-9-6-10-16-14)15-11-12-7-4-3-5-8-12/h12-15H,2-11H2,1H3. The zero-order valence-corrected chi connectivity index (χ0v) is 10.7. The summed E-state index contributed by atoms with van der Waals surface area (Å²) in [4.78, 5) is 0. The molecule has 0 aromatic rings. The minimum Gasteiger partial charge on any atom is -0.377 e. The fourth-order valence-electron chi connectivity index (χ4n) is 3.17. The Morgan fingerprint density at radius 3 is 2.56 bits per heavy atom. The van der Waals surface area contributed by atoms with Crippen molar-refractivity contribution in [2.75, 3.05) is 13.2 Å². The molecule has 2 rings (SSSR count). The van der Waals surface area contributed by atoms with E-state index in [4.69, 9.17) is 4.74 Å². The average molecular weight is 225 g/mol. The van der Waals surface area contributed by atoms with E-state index >= 15 is 0 Å². The Kier molecular flexibility index (Phi) is 5.11. The summed E-state index contributed by atoms with van der Waals surface area (Å²) >= 11 is 0. The Morgan fingerprint density at radius 1 is 1.12 bits per heavy atom. The summed E-state index contributed by atoms with van der Waals surface area (Å²) in [5, 5.41) is 3.76. The molecule has 0 amide bonds. The van der Waals surface area contributed by atoms with Crippen LogP contribution < -0.4 is 5.32 Å². The van der Waals surface area contributed by atoms with Gasteiger partial charge in [-0.05, 0) is 44.6 Å². The zero-order valence-electron chi connectivity index (χ0n) is 10.7. The molecule has 1 aliphatic heterocycles. The highest BCUT2D eigenvalue weighted by molar-refractivity contribution is 4.80. The molecule has 1 saturated heterocycles. The smallest absolute Gasteiger partial charge is 0.0728 e. The summed E-state index contributed by atoms with van der Waals surface area (Å²) in [5.74, 6) is 0.934. The maximum absolute atomic E-state index is 5.78. The van der Waals surface area contributed by atoms with Crippen LogP contribution in [0.2, 0.25) is 0 Å². The highest BCUT2D eigenvalue weighted by Gasteiger charge is 2.25. The van der Waals surface area contributed by atoms with E-state index in [1.54, 1.807) is 0 Å². The van der Waals surface area contributed by atoms with E-state index in [2.05, 4.69) is 12.2 Å². The third-order valence-corrected chi connectivity index (χ3v) is 4.25. The molecule has 2 unspecified atom stereocenters. The van der Waals surface area contributed by atoms with Gasteiger partial charge in [-0.2, -0.15) is 0 Å². The molecule has 1 heterocycles. The monoisotopic (exact) mass is 225 g/mol. The summed E-state index contributed by atoms with van der Waals surface area (Å²) in [6.07, 6.45) is 11.4. The summed E-state index contributed by atoms with van der Waals surface area (Å²) < 4.78 is 5.78. The number of nitrogens with one attached hydrogen (secondary N) is 1. The fraction of sp³-hybridized carbons (Fsp3) is 1.00. The lowest BCUT2D eigenvalue weighted by molar-refractivity contribution is 0.0748. The van der Waals surface area contributed by atoms with Crippen LogP contribution in [0.15, 0.2) is 0 Å². The third kappa shape index (κ3) is 3.46. The molecule has 0 aromatic carbocycles. The first-order chi connectivity index (χ1) is 7.90. The van der Waals surface area contributed by atoms with E-state index < -0.39 is 0 Å². The van der Waals surface area contributed by atoms with E-state index in [0.29, 0.717) is 12.1 Å². The molecule has 0 bridgehead atoms. The molecule has 2 nitrogen and oxygen atoms in total. The van der Waals surface area contributed by atoms with E-state index in [1.165, 1.54) is 57.9 Å². The first kappa shape index (κ1) is 12.4. The van der Waals surface area contributed by atoms with Gasteiger partial charge >= 0.3 is 0 Å². The van der Waals surface area contributed by atoms with Crippen molar-refractivity contribution in [1.82, 2.24) is 5.32 Å². The highest BCUT2D eigenvalue weighted by Crippen LogP contribution is 2.24. The first-order valence-corrected chi connectivity index (χ1v) is 7.25. The topological polar surface area (TPSA) is 21.3 Å². The van der Waals surface area contributed by atoms with Gasteiger partial charge in [0.25, 0.3) is 0 Å². The van der Waals surface area contributed by atoms with Gasteiger partial charge in [-0.25, -0.2) is 0 Å². The van der Waals surface area contributed by atoms with E-state index in [1.807, 2.05) is 0 Å². The zero-order chi connectivity index (χ0) is 11.2. The van der Waals surface area contributed by atoms with Gasteiger partial charge in [0.05, 0.1) is 6.10 Å². The number of ether oxygens (including phenoxy) is 1. The highest BCUT2D eigenvalue weighted by atomic mass is 16.5. The van der Waals surface area contributed by atoms with Gasteiger partial charge in [-0.15, -0.1) is 0 Å². The summed E-state index contributed by atoms with van der Waals surface area (Å²) in [7, 11) is 0. The molecule has 2 aliphatic rings. The molecule has 2 heteroatoms. The second-order valence-corrected chi connectivity index (χ2v) is 5.48. The molecular formula is C14H27NO. The third-order valence-electron chi connectivity index (χ3n) is 4.25. The van der Waals surface area contributed by atoms with Crippen molar-refractivity contribution < 1.29 is 4.74 Å². The van der Waals surface area contributed by atoms with E-state index in [9.17, 15) is 0 Å². The Balaban J connectivity index is 1.69. The molecule has 94 valence electrons. The average Bonchev–Trinajstić information content (AvgIpc) is 2.85. The quantitative estimate of drug-likeness (QED) is 0.776. The van der Waals surface area contributed by atoms with Crippen molar-refractivity contribution in [1.29, 1.82) is 0 Å². The van der Waals surface area contributed by atoms with Crippen molar-refractivity contribution in [3.63, 3.8) is 0 Å². The summed E-state index contributed by atoms with van der Waals surface area (Å²) in [5.41, 5.74) is 0. The van der Waals surface area contributed by atoms with E-state index in [-0.39, 0.29) is 0 Å². The second-order valence-electron chi connectivity index (χ2n) is 5.48. The lowest BCUT2D eigenvalue weighted by Gasteiger charge is -2.27. The number of hydrogen-bond acceptors (Lipinski definition) is 2. The molecule has 16 heavy (non-hydrogen) atoms. The van der Waals surface area contributed by atoms with E-state index in [0.717, 1.165) is 12.5 Å². The van der Waals surface area contributed by atoms with Crippen LogP contribution in [0.1, 0.15) is 58.3 Å². The number of hydrogen-bond donors (Lipinski definition) is 1. The molecule has 0 aromatic heterocycles. The van der Waals surface area contributed by atoms with Gasteiger partial charge in [0.15, 0.2) is 0 Å². The first-order valence-electron chi connectivity index (χ1n) is 7.25. The Bertz CT molecular complexity index is 183. The fourth-order valence-corrected chi connectivity index (χ4v) is 3.17. The van der Waals surface area contributed by atoms with Crippen LogP contribution in [-0.2, 0) is 4.74 Å². The summed E-state index contributed by atoms with van der Waals surface area (Å²) in [6, 6.07) is 0.601. The normalized spacial score (nSPS) is 29.4. The molecule has 1 aliphatic carbocycles. The van der Waals surface area contributed by atoms with Crippen LogP contribution in [0.25, 0.3) is 0 Å². The minimum absolute atomic E-state index is 0.494. The van der Waals surface area contributed by atoms with Crippen molar-refractivity contribution in [3.8, 4) is 0 Å². The molecule has 2 fully saturated rings. The van der Waals surface area contributed by atoms with Crippen LogP contribution in [0.3, 0.4) is 0 Å². The SMILES string of the molecule is CCC(NCC1CCCCC1)C1CCCO1. The maximum atomic E-state index is 5.78. The molecule has 0 spiro atoms. The predicted molar refractivity (Wildman–Crippen MR) is 67.6 cm³/mol. The molecule has 1 saturated carbocycles. The van der Waals surface area contributed by atoms with Gasteiger partial charge in [0, 0.05) is 12.6 Å². The Hall–Kier alpha value is -0.0800. The van der Waals surface area contributed by atoms with Crippen LogP contribution in [0, 0.1) is 5.92 Å². The van der Waals surface area contributed by atoms with Crippen molar-refractivity contribution in [2.24, 2.45) is 5.92 Å². The van der Waals surface area contributed by atoms with Gasteiger partial charge < -0.3 is 10.1 Å². The predicted octanol–water partition coefficient (Wildman–Crippen LogP) is 3.11. The van der Waals surface area contributed by atoms with Gasteiger partial charge in [-0.3, -0.25) is 0 Å². The minimum atomic E-state index is 0.494. The Labute approximate surface area is 100 Å². The molecular weight excluding hydrogens is 198 g/mol. The molecule has 0 radical (unpaired) electrons. The van der Waals surface area contributed by atoms with Gasteiger partial charge in [0.1, 0.15) is 0 Å². The Morgan fingerprint density at radius 2 is 1.94 bits per heavy atom. The molecule has 1 N–H and O–H groups in total. The lowest BCUT2D eigenvalue weighted by Crippen LogP contribution is -2.41. The van der Waals surface area contributed by atoms with Crippen molar-refractivity contribution in [2.45, 2.75) is 70.4 Å². The van der Waals surface area contributed by atoms with Crippen LogP contribution >= 0.6 is 0 Å². The van der Waals surface area contributed by atoms with Gasteiger partial charge in [0.2, 0.25) is 0 Å². The van der Waals surface area contributed by atoms with Crippen LogP contribution in [0.5, 0.6) is 0 Å². The maximum Gasteiger partial charge on any atom is 0.0728 e. The van der Waals surface area contributed by atoms with Crippen LogP contribution in [-0.4, -0.2) is 25.3 Å². The summed E-state index contributed by atoms with van der Waals surface area (Å²) in [6.45, 7) is 4.48. The second kappa shape index (κ2) is 6.61. The van der Waals surface area contributed by atoms with Crippen LogP contribution in [0.4, 0.5) is 0 Å². The largest absolute Gasteiger partial charge is 0.377 e. The van der Waals surface area contributed by atoms with Crippen molar-refractivity contribution in [3.05, 3.63) is 0 Å². The van der Waals surface area contributed by atoms with Crippen molar-refractivity contribution >= 4 is 0 Å². The molecule has 2 atom stereocenters. The number of rotatable bonds is 5. The lowest BCUT2D eigenvalue weighted by atomic mass is 9.89.